The molecule has 1 radical (unpaired) electrons. The molecule has 4 nitrogen and oxygen atoms in total. The molecule has 1 unspecified atom stereocenters. The number of nitrogens with two attached hydrogens (primary N) is 1. The van der Waals surface area contributed by atoms with Crippen LogP contribution in [0, 0.1) is 0 Å². The number of aliphatic hydroxyl groups excluding tert-OH is 1. The number of methoxy groups -OCH3 is 1. The molecule has 0 saturated heterocycles. The Morgan fingerprint density at radius 1 is 1.47 bits per heavy atom. The van der Waals surface area contributed by atoms with Gasteiger partial charge >= 0.3 is 0 Å². The minimum absolute atomic E-state index is 0.0472. The lowest BCUT2D eigenvalue weighted by atomic mass is 9.62. The highest BCUT2D eigenvalue weighted by atomic mass is 16.5. The quantitative estimate of drug-likeness (QED) is 0.512. The number of ether oxygens (including phenoxy) is 2. The van der Waals surface area contributed by atoms with Gasteiger partial charge in [-0.05, 0) is 23.5 Å². The third-order valence-electron chi connectivity index (χ3n) is 3.01. The Balaban J connectivity index is 2.64. The Morgan fingerprint density at radius 3 is 2.89 bits per heavy atom. The van der Waals surface area contributed by atoms with Crippen LogP contribution in [0.4, 0.5) is 0 Å². The smallest absolute Gasteiger partial charge is 0.121 e. The van der Waals surface area contributed by atoms with E-state index in [4.69, 9.17) is 15.2 Å². The van der Waals surface area contributed by atoms with E-state index in [9.17, 15) is 5.11 Å². The molecule has 19 heavy (non-hydrogen) atoms. The lowest BCUT2D eigenvalue weighted by Crippen LogP contribution is -2.25. The van der Waals surface area contributed by atoms with Crippen LogP contribution in [0.3, 0.4) is 0 Å². The van der Waals surface area contributed by atoms with Crippen molar-refractivity contribution in [3.63, 3.8) is 0 Å². The zero-order valence-electron chi connectivity index (χ0n) is 11.7. The molecule has 0 aromatic heterocycles. The summed E-state index contributed by atoms with van der Waals surface area (Å²) in [5, 5.41) is 9.91. The Bertz CT molecular complexity index is 353. The van der Waals surface area contributed by atoms with Crippen LogP contribution in [-0.4, -0.2) is 45.4 Å². The Labute approximate surface area is 116 Å². The molecule has 0 aromatic carbocycles. The fourth-order valence-corrected chi connectivity index (χ4v) is 1.94. The lowest BCUT2D eigenvalue weighted by Gasteiger charge is -2.19. The van der Waals surface area contributed by atoms with Crippen molar-refractivity contribution >= 4 is 7.28 Å². The fourth-order valence-electron chi connectivity index (χ4n) is 1.94. The van der Waals surface area contributed by atoms with Crippen LogP contribution in [0.1, 0.15) is 6.42 Å². The minimum Gasteiger partial charge on any atom is -0.494 e. The van der Waals surface area contributed by atoms with Gasteiger partial charge in [0.15, 0.2) is 0 Å². The van der Waals surface area contributed by atoms with Gasteiger partial charge in [0, 0.05) is 26.7 Å². The molecule has 0 heterocycles. The summed E-state index contributed by atoms with van der Waals surface area (Å²) in [6, 6.07) is 0. The van der Waals surface area contributed by atoms with Gasteiger partial charge in [-0.2, -0.15) is 0 Å². The Kier molecular flexibility index (Phi) is 7.56. The molecular weight excluding hydrogens is 241 g/mol. The van der Waals surface area contributed by atoms with E-state index in [1.165, 1.54) is 0 Å². The monoisotopic (exact) mass is 264 g/mol. The summed E-state index contributed by atoms with van der Waals surface area (Å²) >= 11 is 0. The van der Waals surface area contributed by atoms with Crippen LogP contribution < -0.4 is 5.73 Å². The van der Waals surface area contributed by atoms with Crippen molar-refractivity contribution < 1.29 is 14.6 Å². The van der Waals surface area contributed by atoms with Gasteiger partial charge in [-0.3, -0.25) is 0 Å². The molecule has 3 N–H and O–H groups in total. The first-order valence-corrected chi connectivity index (χ1v) is 6.62. The van der Waals surface area contributed by atoms with E-state index in [2.05, 4.69) is 0 Å². The number of hydrogen-bond acceptors (Lipinski definition) is 4. The first-order valence-electron chi connectivity index (χ1n) is 6.62. The van der Waals surface area contributed by atoms with Gasteiger partial charge in [-0.1, -0.05) is 19.0 Å². The van der Waals surface area contributed by atoms with Gasteiger partial charge in [0.2, 0.25) is 0 Å². The Morgan fingerprint density at radius 2 is 2.26 bits per heavy atom. The van der Waals surface area contributed by atoms with Gasteiger partial charge in [-0.25, -0.2) is 0 Å². The van der Waals surface area contributed by atoms with Crippen LogP contribution in [-0.2, 0) is 9.47 Å². The molecule has 1 aliphatic rings. The third kappa shape index (κ3) is 5.23. The van der Waals surface area contributed by atoms with E-state index in [-0.39, 0.29) is 12.4 Å². The summed E-state index contributed by atoms with van der Waals surface area (Å²) in [5.41, 5.74) is 6.42. The molecule has 0 aromatic rings. The third-order valence-corrected chi connectivity index (χ3v) is 3.01. The summed E-state index contributed by atoms with van der Waals surface area (Å²) in [4.78, 5) is 0. The van der Waals surface area contributed by atoms with Gasteiger partial charge in [0.25, 0.3) is 0 Å². The maximum atomic E-state index is 9.91. The summed E-state index contributed by atoms with van der Waals surface area (Å²) in [6.07, 6.45) is 7.94. The fraction of sp³-hybridized carbons (Fsp3) is 0.571. The molecule has 0 fully saturated rings. The predicted octanol–water partition coefficient (Wildman–Crippen LogP) is 1.28. The topological polar surface area (TPSA) is 64.7 Å². The minimum atomic E-state index is -0.616. The van der Waals surface area contributed by atoms with Crippen molar-refractivity contribution in [3.05, 3.63) is 35.6 Å². The molecule has 5 heteroatoms. The molecule has 1 aliphatic carbocycles. The van der Waals surface area contributed by atoms with Crippen molar-refractivity contribution in [2.75, 3.05) is 26.9 Å². The van der Waals surface area contributed by atoms with E-state index in [0.29, 0.717) is 13.2 Å². The summed E-state index contributed by atoms with van der Waals surface area (Å²) < 4.78 is 10.7. The maximum Gasteiger partial charge on any atom is 0.121 e. The predicted molar refractivity (Wildman–Crippen MR) is 78.2 cm³/mol. The number of aliphatic hydroxyl groups is 1. The van der Waals surface area contributed by atoms with Gasteiger partial charge < -0.3 is 20.3 Å². The number of allylic oxidation sites excluding steroid dienone is 4. The van der Waals surface area contributed by atoms with Crippen LogP contribution in [0.5, 0.6) is 0 Å². The van der Waals surface area contributed by atoms with Crippen molar-refractivity contribution in [2.45, 2.75) is 25.2 Å². The molecule has 0 amide bonds. The average molecular weight is 264 g/mol. The molecule has 0 aliphatic heterocycles. The highest BCUT2D eigenvalue weighted by Gasteiger charge is 2.19. The normalized spacial score (nSPS) is 20.3. The second kappa shape index (κ2) is 8.96. The summed E-state index contributed by atoms with van der Waals surface area (Å²) in [7, 11) is 3.70. The molecule has 0 bridgehead atoms. The number of rotatable bonds is 8. The lowest BCUT2D eigenvalue weighted by molar-refractivity contribution is 0.149. The second-order valence-corrected chi connectivity index (χ2v) is 4.40. The van der Waals surface area contributed by atoms with Crippen molar-refractivity contribution in [3.8, 4) is 0 Å². The van der Waals surface area contributed by atoms with E-state index >= 15 is 0 Å². The van der Waals surface area contributed by atoms with E-state index < -0.39 is 6.10 Å². The molecular formula is C14H23BNO3. The average Bonchev–Trinajstić information content (AvgIpc) is 2.64. The summed E-state index contributed by atoms with van der Waals surface area (Å²) in [6.45, 7) is 3.50. The highest BCUT2D eigenvalue weighted by Crippen LogP contribution is 2.26. The molecule has 105 valence electrons. The molecule has 0 spiro atoms. The van der Waals surface area contributed by atoms with Crippen LogP contribution >= 0.6 is 0 Å². The van der Waals surface area contributed by atoms with E-state index in [1.807, 2.05) is 38.4 Å². The largest absolute Gasteiger partial charge is 0.494 e. The van der Waals surface area contributed by atoms with E-state index in [0.717, 1.165) is 17.8 Å². The second-order valence-electron chi connectivity index (χ2n) is 4.40. The Hall–Kier alpha value is -1.04. The van der Waals surface area contributed by atoms with Crippen molar-refractivity contribution in [2.24, 2.45) is 5.73 Å². The molecule has 0 saturated carbocycles. The van der Waals surface area contributed by atoms with Crippen molar-refractivity contribution in [1.82, 2.24) is 0 Å². The first-order chi connectivity index (χ1) is 9.22. The van der Waals surface area contributed by atoms with Crippen LogP contribution in [0.25, 0.3) is 0 Å². The maximum absolute atomic E-state index is 9.91. The molecule has 1 rings (SSSR count). The first kappa shape index (κ1) is 16.0. The zero-order valence-corrected chi connectivity index (χ0v) is 11.7. The van der Waals surface area contributed by atoms with Gasteiger partial charge in [0.05, 0.1) is 12.7 Å². The zero-order chi connectivity index (χ0) is 14.1. The van der Waals surface area contributed by atoms with E-state index in [1.54, 1.807) is 7.11 Å². The number of hydrogen-bond donors (Lipinski definition) is 2. The van der Waals surface area contributed by atoms with Gasteiger partial charge in [0.1, 0.15) is 13.0 Å². The van der Waals surface area contributed by atoms with Gasteiger partial charge in [-0.15, -0.1) is 0 Å². The standard InChI is InChI=1S/C14H23BNO3/c1-15-13-9-11(19-8-4-7-18-2)5-3-6-12(13)14(17)10-16/h3,5-6,9,13-14,17H,4,7-8,10,16H2,1-2H3/t13-,14?/m1/s1. The SMILES string of the molecule is C[B][C@@H]1C=C(OCCCOC)C=CC=C1C(O)CN. The van der Waals surface area contributed by atoms with Crippen molar-refractivity contribution in [1.29, 1.82) is 0 Å². The van der Waals surface area contributed by atoms with Crippen LogP contribution in [0.2, 0.25) is 12.6 Å². The summed E-state index contributed by atoms with van der Waals surface area (Å²) in [5.74, 6) is 0.862. The highest BCUT2D eigenvalue weighted by molar-refractivity contribution is 6.38. The molecule has 2 atom stereocenters. The van der Waals surface area contributed by atoms with Crippen LogP contribution in [0.15, 0.2) is 35.6 Å².